The monoisotopic (exact) mass is 313 g/mol. The number of hydrogen-bond acceptors (Lipinski definition) is 2. The van der Waals surface area contributed by atoms with E-state index < -0.39 is 35.4 Å². The summed E-state index contributed by atoms with van der Waals surface area (Å²) in [7, 11) is 0. The maximum atomic E-state index is 12.4. The predicted octanol–water partition coefficient (Wildman–Crippen LogP) is 3.41. The van der Waals surface area contributed by atoms with Gasteiger partial charge in [-0.3, -0.25) is 4.98 Å². The zero-order valence-electron chi connectivity index (χ0n) is 9.03. The lowest BCUT2D eigenvalue weighted by Gasteiger charge is -2.31. The molecule has 0 spiro atoms. The summed E-state index contributed by atoms with van der Waals surface area (Å²) in [6.45, 7) is 0. The summed E-state index contributed by atoms with van der Waals surface area (Å²) in [5.41, 5.74) is -8.89. The average molecular weight is 313 g/mol. The smallest absolute Gasteiger partial charge is 0.368 e. The number of halogens is 9. The van der Waals surface area contributed by atoms with Crippen LogP contribution < -0.4 is 0 Å². The van der Waals surface area contributed by atoms with E-state index in [4.69, 9.17) is 5.11 Å². The van der Waals surface area contributed by atoms with Crippen LogP contribution in [0.2, 0.25) is 0 Å². The van der Waals surface area contributed by atoms with Crippen LogP contribution in [0.15, 0.2) is 18.3 Å². The fourth-order valence-corrected chi connectivity index (χ4v) is 1.23. The van der Waals surface area contributed by atoms with Crippen molar-refractivity contribution in [1.29, 1.82) is 0 Å². The molecule has 0 atom stereocenters. The molecular weight excluding hydrogens is 309 g/mol. The van der Waals surface area contributed by atoms with Gasteiger partial charge < -0.3 is 5.11 Å². The van der Waals surface area contributed by atoms with Crippen molar-refractivity contribution in [2.24, 2.45) is 0 Å². The highest BCUT2D eigenvalue weighted by Crippen LogP contribution is 2.49. The van der Waals surface area contributed by atoms with E-state index in [1.54, 1.807) is 0 Å². The molecule has 0 amide bonds. The highest BCUT2D eigenvalue weighted by Gasteiger charge is 2.72. The molecule has 11 heteroatoms. The van der Waals surface area contributed by atoms with Gasteiger partial charge in [0.1, 0.15) is 0 Å². The molecule has 0 bridgehead atoms. The van der Waals surface area contributed by atoms with E-state index in [1.165, 1.54) is 0 Å². The van der Waals surface area contributed by atoms with Crippen molar-refractivity contribution in [3.63, 3.8) is 0 Å². The third-order valence-corrected chi connectivity index (χ3v) is 2.28. The Kier molecular flexibility index (Phi) is 3.72. The Morgan fingerprint density at radius 2 is 1.25 bits per heavy atom. The van der Waals surface area contributed by atoms with Gasteiger partial charge in [0.25, 0.3) is 5.60 Å². The molecule has 0 radical (unpaired) electrons. The van der Waals surface area contributed by atoms with Crippen molar-refractivity contribution >= 4 is 0 Å². The van der Waals surface area contributed by atoms with E-state index in [1.807, 2.05) is 0 Å². The second-order valence-electron chi connectivity index (χ2n) is 3.64. The van der Waals surface area contributed by atoms with Gasteiger partial charge in [0, 0.05) is 6.20 Å². The van der Waals surface area contributed by atoms with E-state index in [-0.39, 0.29) is 18.3 Å². The van der Waals surface area contributed by atoms with E-state index in [0.29, 0.717) is 0 Å². The Morgan fingerprint density at radius 1 is 0.800 bits per heavy atom. The first-order valence-corrected chi connectivity index (χ1v) is 4.61. The SMILES string of the molecule is OC(c1ccc(C(F)(F)F)cn1)(C(F)(F)F)C(F)(F)F. The molecule has 0 aliphatic rings. The van der Waals surface area contributed by atoms with Crippen LogP contribution in [0.4, 0.5) is 39.5 Å². The third-order valence-electron chi connectivity index (χ3n) is 2.28. The highest BCUT2D eigenvalue weighted by molar-refractivity contribution is 5.23. The van der Waals surface area contributed by atoms with Crippen molar-refractivity contribution in [2.45, 2.75) is 24.1 Å². The molecule has 2 nitrogen and oxygen atoms in total. The van der Waals surface area contributed by atoms with E-state index in [2.05, 4.69) is 4.98 Å². The Labute approximate surface area is 104 Å². The molecule has 0 aromatic carbocycles. The van der Waals surface area contributed by atoms with Crippen molar-refractivity contribution in [2.75, 3.05) is 0 Å². The minimum Gasteiger partial charge on any atom is -0.368 e. The molecule has 0 unspecified atom stereocenters. The van der Waals surface area contributed by atoms with Crippen LogP contribution >= 0.6 is 0 Å². The first kappa shape index (κ1) is 16.5. The maximum absolute atomic E-state index is 12.4. The second-order valence-corrected chi connectivity index (χ2v) is 3.64. The fraction of sp³-hybridized carbons (Fsp3) is 0.444. The van der Waals surface area contributed by atoms with E-state index >= 15 is 0 Å². The standard InChI is InChI=1S/C9H4F9NO/c10-7(11,12)4-1-2-5(19-3-4)6(20,8(13,14)15)9(16,17)18/h1-3,20H. The minimum atomic E-state index is -6.20. The molecule has 1 rings (SSSR count). The van der Waals surface area contributed by atoms with Crippen LogP contribution in [-0.4, -0.2) is 22.4 Å². The molecule has 1 aromatic heterocycles. The average Bonchev–Trinajstić information content (AvgIpc) is 2.24. The summed E-state index contributed by atoms with van der Waals surface area (Å²) in [4.78, 5) is 2.44. The van der Waals surface area contributed by atoms with Gasteiger partial charge in [-0.1, -0.05) is 0 Å². The summed E-state index contributed by atoms with van der Waals surface area (Å²) >= 11 is 0. The molecule has 20 heavy (non-hydrogen) atoms. The minimum absolute atomic E-state index is 0.0369. The number of alkyl halides is 9. The maximum Gasteiger partial charge on any atom is 0.432 e. The van der Waals surface area contributed by atoms with Crippen molar-refractivity contribution in [1.82, 2.24) is 4.98 Å². The molecule has 114 valence electrons. The van der Waals surface area contributed by atoms with Gasteiger partial charge in [0.05, 0.1) is 11.3 Å². The van der Waals surface area contributed by atoms with Gasteiger partial charge in [-0.15, -0.1) is 0 Å². The van der Waals surface area contributed by atoms with E-state index in [0.717, 1.165) is 0 Å². The fourth-order valence-electron chi connectivity index (χ4n) is 1.23. The quantitative estimate of drug-likeness (QED) is 0.806. The zero-order chi connectivity index (χ0) is 16.0. The lowest BCUT2D eigenvalue weighted by molar-refractivity contribution is -0.377. The van der Waals surface area contributed by atoms with Crippen LogP contribution in [0.3, 0.4) is 0 Å². The first-order valence-electron chi connectivity index (χ1n) is 4.61. The van der Waals surface area contributed by atoms with Crippen molar-refractivity contribution in [3.8, 4) is 0 Å². The number of nitrogens with zero attached hydrogens (tertiary/aromatic N) is 1. The molecule has 0 fully saturated rings. The van der Waals surface area contributed by atoms with Crippen molar-refractivity contribution in [3.05, 3.63) is 29.6 Å². The van der Waals surface area contributed by atoms with Crippen LogP contribution in [0, 0.1) is 0 Å². The lowest BCUT2D eigenvalue weighted by Crippen LogP contribution is -2.54. The van der Waals surface area contributed by atoms with Gasteiger partial charge in [-0.25, -0.2) is 0 Å². The molecule has 0 aliphatic carbocycles. The first-order chi connectivity index (χ1) is 8.71. The van der Waals surface area contributed by atoms with Gasteiger partial charge >= 0.3 is 18.5 Å². The van der Waals surface area contributed by atoms with Gasteiger partial charge in [0.15, 0.2) is 0 Å². The molecule has 0 aliphatic heterocycles. The number of rotatable bonds is 1. The summed E-state index contributed by atoms with van der Waals surface area (Å²) in [5.74, 6) is 0. The van der Waals surface area contributed by atoms with Crippen LogP contribution in [-0.2, 0) is 11.8 Å². The van der Waals surface area contributed by atoms with Gasteiger partial charge in [-0.2, -0.15) is 39.5 Å². The zero-order valence-corrected chi connectivity index (χ0v) is 9.03. The predicted molar refractivity (Wildman–Crippen MR) is 45.2 cm³/mol. The number of aromatic nitrogens is 1. The molecule has 0 saturated heterocycles. The largest absolute Gasteiger partial charge is 0.432 e. The molecule has 1 N–H and O–H groups in total. The van der Waals surface area contributed by atoms with Gasteiger partial charge in [0.2, 0.25) is 0 Å². The summed E-state index contributed by atoms with van der Waals surface area (Å²) in [6.07, 6.45) is -17.6. The molecule has 0 saturated carbocycles. The third kappa shape index (κ3) is 2.67. The van der Waals surface area contributed by atoms with Crippen LogP contribution in [0.5, 0.6) is 0 Å². The molecule has 1 heterocycles. The van der Waals surface area contributed by atoms with Crippen LogP contribution in [0.1, 0.15) is 11.3 Å². The summed E-state index contributed by atoms with van der Waals surface area (Å²) < 4.78 is 111. The lowest BCUT2D eigenvalue weighted by atomic mass is 9.97. The summed E-state index contributed by atoms with van der Waals surface area (Å²) in [6, 6.07) is -0.214. The normalized spacial score (nSPS) is 14.5. The Hall–Kier alpha value is -1.52. The Balaban J connectivity index is 3.39. The Bertz CT molecular complexity index is 456. The number of aliphatic hydroxyl groups is 1. The number of pyridine rings is 1. The van der Waals surface area contributed by atoms with Crippen LogP contribution in [0.25, 0.3) is 0 Å². The second kappa shape index (κ2) is 4.50. The van der Waals surface area contributed by atoms with E-state index in [9.17, 15) is 39.5 Å². The topological polar surface area (TPSA) is 33.1 Å². The van der Waals surface area contributed by atoms with Crippen molar-refractivity contribution < 1.29 is 44.6 Å². The number of hydrogen-bond donors (Lipinski definition) is 1. The Morgan fingerprint density at radius 3 is 1.50 bits per heavy atom. The highest BCUT2D eigenvalue weighted by atomic mass is 19.4. The molecule has 1 aromatic rings. The summed E-state index contributed by atoms with van der Waals surface area (Å²) in [5, 5.41) is 8.86. The van der Waals surface area contributed by atoms with Gasteiger partial charge in [-0.05, 0) is 12.1 Å². The molecular formula is C9H4F9NO.